The van der Waals surface area contributed by atoms with E-state index < -0.39 is 23.5 Å². The van der Waals surface area contributed by atoms with Gasteiger partial charge in [0.1, 0.15) is 11.6 Å². The van der Waals surface area contributed by atoms with E-state index in [1.807, 2.05) is 0 Å². The number of nitrogens with zero attached hydrogens (tertiary/aromatic N) is 1. The van der Waals surface area contributed by atoms with Gasteiger partial charge in [-0.3, -0.25) is 19.3 Å². The molecule has 1 aliphatic rings. The third kappa shape index (κ3) is 3.07. The summed E-state index contributed by atoms with van der Waals surface area (Å²) in [6.07, 6.45) is 1.46. The van der Waals surface area contributed by atoms with Crippen molar-refractivity contribution in [3.8, 4) is 0 Å². The predicted molar refractivity (Wildman–Crippen MR) is 98.4 cm³/mol. The number of nitrogens with one attached hydrogen (secondary N) is 1. The molecule has 0 bridgehead atoms. The molecule has 1 aromatic heterocycles. The van der Waals surface area contributed by atoms with Crippen LogP contribution in [0.5, 0.6) is 0 Å². The molecule has 140 valence electrons. The molecule has 0 spiro atoms. The number of aryl methyl sites for hydroxylation is 1. The summed E-state index contributed by atoms with van der Waals surface area (Å²) in [7, 11) is 0. The van der Waals surface area contributed by atoms with Crippen molar-refractivity contribution in [2.45, 2.75) is 13.5 Å². The fourth-order valence-corrected chi connectivity index (χ4v) is 3.05. The van der Waals surface area contributed by atoms with E-state index in [0.29, 0.717) is 5.76 Å². The number of hydrogen-bond donors (Lipinski definition) is 1. The second-order valence-corrected chi connectivity index (χ2v) is 6.47. The van der Waals surface area contributed by atoms with Crippen molar-refractivity contribution in [2.75, 3.05) is 5.32 Å². The summed E-state index contributed by atoms with van der Waals surface area (Å²) < 4.78 is 19.2. The van der Waals surface area contributed by atoms with E-state index in [9.17, 15) is 18.8 Å². The normalized spacial score (nSPS) is 13.0. The number of hydrogen-bond acceptors (Lipinski definition) is 4. The number of benzene rings is 2. The van der Waals surface area contributed by atoms with E-state index in [1.54, 1.807) is 25.1 Å². The average molecular weight is 378 g/mol. The third-order valence-corrected chi connectivity index (χ3v) is 4.50. The van der Waals surface area contributed by atoms with Crippen LogP contribution in [0.25, 0.3) is 0 Å². The highest BCUT2D eigenvalue weighted by Crippen LogP contribution is 2.26. The van der Waals surface area contributed by atoms with Crippen LogP contribution in [0.2, 0.25) is 0 Å². The first kappa shape index (κ1) is 17.7. The summed E-state index contributed by atoms with van der Waals surface area (Å²) in [5.41, 5.74) is 1.27. The molecule has 4 rings (SSSR count). The number of anilines is 1. The number of fused-ring (bicyclic) bond motifs is 1. The van der Waals surface area contributed by atoms with Crippen molar-refractivity contribution in [3.05, 3.63) is 88.6 Å². The van der Waals surface area contributed by atoms with Crippen molar-refractivity contribution >= 4 is 23.4 Å². The molecule has 0 unspecified atom stereocenters. The lowest BCUT2D eigenvalue weighted by Gasteiger charge is -2.11. The number of rotatable bonds is 4. The van der Waals surface area contributed by atoms with Crippen LogP contribution in [0.3, 0.4) is 0 Å². The van der Waals surface area contributed by atoms with Gasteiger partial charge in [-0.1, -0.05) is 6.07 Å². The molecule has 0 radical (unpaired) electrons. The Morgan fingerprint density at radius 1 is 1.07 bits per heavy atom. The van der Waals surface area contributed by atoms with Crippen molar-refractivity contribution in [1.82, 2.24) is 4.90 Å². The van der Waals surface area contributed by atoms with Gasteiger partial charge in [-0.05, 0) is 55.0 Å². The summed E-state index contributed by atoms with van der Waals surface area (Å²) in [5, 5.41) is 2.48. The molecule has 0 saturated heterocycles. The summed E-state index contributed by atoms with van der Waals surface area (Å²) in [6.45, 7) is 1.75. The second-order valence-electron chi connectivity index (χ2n) is 6.47. The van der Waals surface area contributed by atoms with Crippen LogP contribution >= 0.6 is 0 Å². The van der Waals surface area contributed by atoms with Crippen LogP contribution in [-0.4, -0.2) is 22.6 Å². The van der Waals surface area contributed by atoms with Gasteiger partial charge in [0.15, 0.2) is 0 Å². The van der Waals surface area contributed by atoms with Crippen LogP contribution in [-0.2, 0) is 6.54 Å². The number of carbonyl (C=O) groups excluding carboxylic acids is 3. The monoisotopic (exact) mass is 378 g/mol. The molecule has 1 aliphatic heterocycles. The van der Waals surface area contributed by atoms with E-state index in [0.717, 1.165) is 10.5 Å². The molecule has 2 aromatic carbocycles. The van der Waals surface area contributed by atoms with Crippen molar-refractivity contribution in [1.29, 1.82) is 0 Å². The second kappa shape index (κ2) is 6.77. The minimum Gasteiger partial charge on any atom is -0.467 e. The summed E-state index contributed by atoms with van der Waals surface area (Å²) >= 11 is 0. The highest BCUT2D eigenvalue weighted by molar-refractivity contribution is 6.22. The lowest BCUT2D eigenvalue weighted by Crippen LogP contribution is -2.28. The average Bonchev–Trinajstić information content (AvgIpc) is 3.27. The Morgan fingerprint density at radius 2 is 1.86 bits per heavy atom. The van der Waals surface area contributed by atoms with Gasteiger partial charge in [-0.25, -0.2) is 4.39 Å². The fourth-order valence-electron chi connectivity index (χ4n) is 3.05. The van der Waals surface area contributed by atoms with Gasteiger partial charge in [0.25, 0.3) is 17.7 Å². The van der Waals surface area contributed by atoms with Gasteiger partial charge in [0.05, 0.1) is 29.6 Å². The lowest BCUT2D eigenvalue weighted by atomic mass is 10.1. The zero-order valence-electron chi connectivity index (χ0n) is 14.9. The van der Waals surface area contributed by atoms with E-state index >= 15 is 0 Å². The molecule has 0 atom stereocenters. The van der Waals surface area contributed by atoms with Crippen molar-refractivity contribution in [2.24, 2.45) is 0 Å². The third-order valence-electron chi connectivity index (χ3n) is 4.50. The lowest BCUT2D eigenvalue weighted by molar-refractivity contribution is 0.0631. The molecule has 2 heterocycles. The molecule has 0 fully saturated rings. The Balaban J connectivity index is 1.58. The molecule has 3 aromatic rings. The van der Waals surface area contributed by atoms with Crippen LogP contribution in [0.4, 0.5) is 10.1 Å². The number of amides is 3. The van der Waals surface area contributed by atoms with Crippen LogP contribution in [0.15, 0.2) is 59.2 Å². The highest BCUT2D eigenvalue weighted by atomic mass is 19.1. The fraction of sp³-hybridized carbons (Fsp3) is 0.0952. The van der Waals surface area contributed by atoms with Gasteiger partial charge in [-0.2, -0.15) is 0 Å². The van der Waals surface area contributed by atoms with Crippen molar-refractivity contribution in [3.63, 3.8) is 0 Å². The van der Waals surface area contributed by atoms with E-state index in [-0.39, 0.29) is 28.9 Å². The molecule has 0 saturated carbocycles. The zero-order valence-corrected chi connectivity index (χ0v) is 14.9. The Hall–Kier alpha value is -3.74. The molecule has 0 aliphatic carbocycles. The summed E-state index contributed by atoms with van der Waals surface area (Å²) in [4.78, 5) is 38.7. The molecule has 28 heavy (non-hydrogen) atoms. The van der Waals surface area contributed by atoms with Gasteiger partial charge < -0.3 is 9.73 Å². The van der Waals surface area contributed by atoms with E-state index in [2.05, 4.69) is 5.32 Å². The first-order valence-electron chi connectivity index (χ1n) is 8.54. The number of carbonyl (C=O) groups is 3. The standard InChI is InChI=1S/C21H15FN2O4/c1-12-4-7-18(17(22)9-12)23-19(25)13-5-6-15-16(10-13)21(27)24(20(15)26)11-14-3-2-8-28-14/h2-10H,11H2,1H3,(H,23,25). The first-order valence-corrected chi connectivity index (χ1v) is 8.54. The molecule has 1 N–H and O–H groups in total. The summed E-state index contributed by atoms with van der Waals surface area (Å²) in [6, 6.07) is 12.0. The molecular weight excluding hydrogens is 363 g/mol. The van der Waals surface area contributed by atoms with Gasteiger partial charge in [0.2, 0.25) is 0 Å². The molecule has 6 nitrogen and oxygen atoms in total. The maximum atomic E-state index is 14.0. The SMILES string of the molecule is Cc1ccc(NC(=O)c2ccc3c(c2)C(=O)N(Cc2ccco2)C3=O)c(F)c1. The quantitative estimate of drug-likeness (QED) is 0.701. The topological polar surface area (TPSA) is 79.6 Å². The Kier molecular flexibility index (Phi) is 4.27. The number of halogens is 1. The van der Waals surface area contributed by atoms with Crippen LogP contribution < -0.4 is 5.32 Å². The van der Waals surface area contributed by atoms with Gasteiger partial charge in [-0.15, -0.1) is 0 Å². The van der Waals surface area contributed by atoms with Gasteiger partial charge >= 0.3 is 0 Å². The van der Waals surface area contributed by atoms with Crippen molar-refractivity contribution < 1.29 is 23.2 Å². The smallest absolute Gasteiger partial charge is 0.261 e. The Labute approximate surface area is 159 Å². The Morgan fingerprint density at radius 3 is 2.57 bits per heavy atom. The summed E-state index contributed by atoms with van der Waals surface area (Å²) in [5.74, 6) is -1.61. The van der Waals surface area contributed by atoms with Crippen LogP contribution in [0.1, 0.15) is 42.4 Å². The maximum absolute atomic E-state index is 14.0. The number of imide groups is 1. The molecule has 3 amide bonds. The number of furan rings is 1. The Bertz CT molecular complexity index is 1110. The maximum Gasteiger partial charge on any atom is 0.261 e. The molecule has 7 heteroatoms. The minimum absolute atomic E-state index is 0.00938. The molecular formula is C21H15FN2O4. The van der Waals surface area contributed by atoms with Gasteiger partial charge in [0, 0.05) is 5.56 Å². The van der Waals surface area contributed by atoms with E-state index in [1.165, 1.54) is 36.6 Å². The largest absolute Gasteiger partial charge is 0.467 e. The zero-order chi connectivity index (χ0) is 19.8. The first-order chi connectivity index (χ1) is 13.4. The van der Waals surface area contributed by atoms with E-state index in [4.69, 9.17) is 4.42 Å². The predicted octanol–water partition coefficient (Wildman–Crippen LogP) is 3.78. The minimum atomic E-state index is -0.574. The highest BCUT2D eigenvalue weighted by Gasteiger charge is 2.36. The van der Waals surface area contributed by atoms with Crippen LogP contribution in [0, 0.1) is 12.7 Å².